The summed E-state index contributed by atoms with van der Waals surface area (Å²) in [7, 11) is 0. The third-order valence-electron chi connectivity index (χ3n) is 1.79. The standard InChI is InChI=1S/C13H25NO4/c1-9(2)17-10(15)8-13(6,7)14-11(16)18-12(3,4)5/h9H,8H2,1-7H3,(H,14,16). The molecule has 0 aromatic heterocycles. The Morgan fingerprint density at radius 2 is 1.61 bits per heavy atom. The summed E-state index contributed by atoms with van der Waals surface area (Å²) in [6.07, 6.45) is -0.593. The van der Waals surface area contributed by atoms with Crippen molar-refractivity contribution in [2.24, 2.45) is 0 Å². The number of carbonyl (C=O) groups is 2. The highest BCUT2D eigenvalue weighted by Gasteiger charge is 2.27. The van der Waals surface area contributed by atoms with Gasteiger partial charge in [0.2, 0.25) is 0 Å². The number of rotatable bonds is 4. The number of esters is 1. The van der Waals surface area contributed by atoms with E-state index in [1.54, 1.807) is 48.5 Å². The molecule has 0 saturated heterocycles. The van der Waals surface area contributed by atoms with Crippen molar-refractivity contribution in [1.29, 1.82) is 0 Å². The summed E-state index contributed by atoms with van der Waals surface area (Å²) < 4.78 is 10.2. The third kappa shape index (κ3) is 8.84. The molecule has 0 bridgehead atoms. The zero-order valence-electron chi connectivity index (χ0n) is 12.4. The van der Waals surface area contributed by atoms with Gasteiger partial charge in [0.05, 0.1) is 12.5 Å². The first-order valence-electron chi connectivity index (χ1n) is 6.12. The van der Waals surface area contributed by atoms with Gasteiger partial charge in [0.1, 0.15) is 5.60 Å². The lowest BCUT2D eigenvalue weighted by Crippen LogP contribution is -2.47. The molecule has 0 rings (SSSR count). The lowest BCUT2D eigenvalue weighted by atomic mass is 10.0. The normalized spacial score (nSPS) is 12.2. The van der Waals surface area contributed by atoms with Gasteiger partial charge in [-0.25, -0.2) is 4.79 Å². The van der Waals surface area contributed by atoms with Crippen molar-refractivity contribution in [3.63, 3.8) is 0 Å². The molecule has 0 unspecified atom stereocenters. The first kappa shape index (κ1) is 16.7. The van der Waals surface area contributed by atoms with E-state index in [1.807, 2.05) is 0 Å². The van der Waals surface area contributed by atoms with Gasteiger partial charge < -0.3 is 14.8 Å². The van der Waals surface area contributed by atoms with Crippen LogP contribution in [0.25, 0.3) is 0 Å². The van der Waals surface area contributed by atoms with Gasteiger partial charge in [-0.2, -0.15) is 0 Å². The first-order chi connectivity index (χ1) is 7.91. The average Bonchev–Trinajstić information content (AvgIpc) is 1.92. The van der Waals surface area contributed by atoms with Gasteiger partial charge in [0.15, 0.2) is 0 Å². The number of alkyl carbamates (subject to hydrolysis) is 1. The van der Waals surface area contributed by atoms with E-state index in [0.717, 1.165) is 0 Å². The van der Waals surface area contributed by atoms with E-state index in [9.17, 15) is 9.59 Å². The number of amides is 1. The minimum absolute atomic E-state index is 0.102. The summed E-state index contributed by atoms with van der Waals surface area (Å²) in [6, 6.07) is 0. The maximum absolute atomic E-state index is 11.6. The van der Waals surface area contributed by atoms with Gasteiger partial charge >= 0.3 is 12.1 Å². The molecule has 0 aliphatic rings. The van der Waals surface area contributed by atoms with E-state index < -0.39 is 17.2 Å². The van der Waals surface area contributed by atoms with Crippen molar-refractivity contribution in [3.8, 4) is 0 Å². The fraction of sp³-hybridized carbons (Fsp3) is 0.846. The molecule has 18 heavy (non-hydrogen) atoms. The van der Waals surface area contributed by atoms with Crippen LogP contribution in [-0.4, -0.2) is 29.3 Å². The molecule has 106 valence electrons. The van der Waals surface area contributed by atoms with Gasteiger partial charge in [-0.05, 0) is 48.5 Å². The summed E-state index contributed by atoms with van der Waals surface area (Å²) in [5.74, 6) is -0.342. The predicted molar refractivity (Wildman–Crippen MR) is 69.3 cm³/mol. The number of nitrogens with one attached hydrogen (secondary N) is 1. The van der Waals surface area contributed by atoms with Crippen LogP contribution in [0.1, 0.15) is 54.9 Å². The fourth-order valence-electron chi connectivity index (χ4n) is 1.29. The van der Waals surface area contributed by atoms with Crippen LogP contribution in [0.4, 0.5) is 4.79 Å². The molecule has 0 saturated carbocycles. The minimum Gasteiger partial charge on any atom is -0.463 e. The van der Waals surface area contributed by atoms with E-state index in [2.05, 4.69) is 5.32 Å². The van der Waals surface area contributed by atoms with Crippen molar-refractivity contribution in [3.05, 3.63) is 0 Å². The SMILES string of the molecule is CC(C)OC(=O)CC(C)(C)NC(=O)OC(C)(C)C. The highest BCUT2D eigenvalue weighted by atomic mass is 16.6. The predicted octanol–water partition coefficient (Wildman–Crippen LogP) is 2.63. The van der Waals surface area contributed by atoms with Crippen LogP contribution < -0.4 is 5.32 Å². The highest BCUT2D eigenvalue weighted by Crippen LogP contribution is 2.13. The zero-order valence-corrected chi connectivity index (χ0v) is 12.4. The Morgan fingerprint density at radius 3 is 2.00 bits per heavy atom. The van der Waals surface area contributed by atoms with E-state index in [1.165, 1.54) is 0 Å². The molecule has 0 radical (unpaired) electrons. The molecule has 0 aromatic rings. The third-order valence-corrected chi connectivity index (χ3v) is 1.79. The Morgan fingerprint density at radius 1 is 1.11 bits per heavy atom. The van der Waals surface area contributed by atoms with E-state index in [-0.39, 0.29) is 18.5 Å². The van der Waals surface area contributed by atoms with Gasteiger partial charge in [0, 0.05) is 5.54 Å². The lowest BCUT2D eigenvalue weighted by molar-refractivity contribution is -0.148. The van der Waals surface area contributed by atoms with Crippen molar-refractivity contribution in [2.75, 3.05) is 0 Å². The van der Waals surface area contributed by atoms with Crippen LogP contribution in [0.2, 0.25) is 0 Å². The molecular weight excluding hydrogens is 234 g/mol. The maximum Gasteiger partial charge on any atom is 0.408 e. The Kier molecular flexibility index (Phi) is 5.64. The summed E-state index contributed by atoms with van der Waals surface area (Å²) >= 11 is 0. The number of hydrogen-bond acceptors (Lipinski definition) is 4. The van der Waals surface area contributed by atoms with Crippen LogP contribution in [0.5, 0.6) is 0 Å². The largest absolute Gasteiger partial charge is 0.463 e. The summed E-state index contributed by atoms with van der Waals surface area (Å²) in [6.45, 7) is 12.4. The van der Waals surface area contributed by atoms with E-state index in [4.69, 9.17) is 9.47 Å². The molecule has 0 atom stereocenters. The Bertz CT molecular complexity index is 303. The fourth-order valence-corrected chi connectivity index (χ4v) is 1.29. The van der Waals surface area contributed by atoms with Gasteiger partial charge in [-0.1, -0.05) is 0 Å². The summed E-state index contributed by atoms with van der Waals surface area (Å²) in [5, 5.41) is 2.65. The van der Waals surface area contributed by atoms with E-state index in [0.29, 0.717) is 0 Å². The second-order valence-corrected chi connectivity index (χ2v) is 6.23. The van der Waals surface area contributed by atoms with Crippen molar-refractivity contribution in [1.82, 2.24) is 5.32 Å². The van der Waals surface area contributed by atoms with Crippen LogP contribution in [0, 0.1) is 0 Å². The van der Waals surface area contributed by atoms with Crippen LogP contribution in [0.15, 0.2) is 0 Å². The van der Waals surface area contributed by atoms with Crippen LogP contribution in [0.3, 0.4) is 0 Å². The van der Waals surface area contributed by atoms with Crippen LogP contribution in [-0.2, 0) is 14.3 Å². The number of carbonyl (C=O) groups excluding carboxylic acids is 2. The second-order valence-electron chi connectivity index (χ2n) is 6.23. The highest BCUT2D eigenvalue weighted by molar-refractivity contribution is 5.74. The molecule has 0 aromatic carbocycles. The molecular formula is C13H25NO4. The second kappa shape index (κ2) is 6.07. The monoisotopic (exact) mass is 259 g/mol. The molecule has 0 aliphatic carbocycles. The molecule has 5 heteroatoms. The summed E-state index contributed by atoms with van der Waals surface area (Å²) in [5.41, 5.74) is -1.26. The molecule has 1 N–H and O–H groups in total. The van der Waals surface area contributed by atoms with Gasteiger partial charge in [-0.3, -0.25) is 4.79 Å². The van der Waals surface area contributed by atoms with E-state index >= 15 is 0 Å². The number of hydrogen-bond donors (Lipinski definition) is 1. The molecule has 0 aliphatic heterocycles. The minimum atomic E-state index is -0.700. The Labute approximate surface area is 109 Å². The molecule has 0 fully saturated rings. The lowest BCUT2D eigenvalue weighted by Gasteiger charge is -2.28. The van der Waals surface area contributed by atoms with Gasteiger partial charge in [-0.15, -0.1) is 0 Å². The molecule has 0 spiro atoms. The van der Waals surface area contributed by atoms with Crippen LogP contribution >= 0.6 is 0 Å². The first-order valence-corrected chi connectivity index (χ1v) is 6.12. The molecule has 1 amide bonds. The quantitative estimate of drug-likeness (QED) is 0.788. The molecule has 5 nitrogen and oxygen atoms in total. The Balaban J connectivity index is 4.30. The summed E-state index contributed by atoms with van der Waals surface area (Å²) in [4.78, 5) is 23.1. The van der Waals surface area contributed by atoms with Crippen molar-refractivity contribution >= 4 is 12.1 Å². The van der Waals surface area contributed by atoms with Gasteiger partial charge in [0.25, 0.3) is 0 Å². The molecule has 0 heterocycles. The maximum atomic E-state index is 11.6. The zero-order chi connectivity index (χ0) is 14.6. The number of ether oxygens (including phenoxy) is 2. The Hall–Kier alpha value is -1.26. The van der Waals surface area contributed by atoms with Crippen molar-refractivity contribution in [2.45, 2.75) is 72.1 Å². The van der Waals surface area contributed by atoms with Crippen molar-refractivity contribution < 1.29 is 19.1 Å². The average molecular weight is 259 g/mol. The smallest absolute Gasteiger partial charge is 0.408 e. The topological polar surface area (TPSA) is 64.6 Å².